The van der Waals surface area contributed by atoms with Crippen LogP contribution in [0.4, 0.5) is 4.79 Å². The van der Waals surface area contributed by atoms with Crippen LogP contribution < -0.4 is 16.4 Å². The van der Waals surface area contributed by atoms with E-state index >= 15 is 0 Å². The van der Waals surface area contributed by atoms with Gasteiger partial charge >= 0.3 is 6.09 Å². The average molecular weight is 390 g/mol. The maximum absolute atomic E-state index is 12.0. The number of rotatable bonds is 8. The van der Waals surface area contributed by atoms with Crippen molar-refractivity contribution in [2.24, 2.45) is 5.73 Å². The molecule has 0 bridgehead atoms. The number of carbonyl (C=O) groups is 3. The van der Waals surface area contributed by atoms with Gasteiger partial charge in [0.25, 0.3) is 0 Å². The molecular formula is C19H20ClN3O4. The number of halogens is 1. The Morgan fingerprint density at radius 1 is 1.04 bits per heavy atom. The fourth-order valence-corrected chi connectivity index (χ4v) is 2.49. The molecule has 8 heteroatoms. The van der Waals surface area contributed by atoms with Crippen LogP contribution in [0.3, 0.4) is 0 Å². The second-order valence-corrected chi connectivity index (χ2v) is 6.14. The van der Waals surface area contributed by atoms with Gasteiger partial charge in [-0.3, -0.25) is 9.59 Å². The van der Waals surface area contributed by atoms with E-state index in [1.165, 1.54) is 0 Å². The molecule has 27 heavy (non-hydrogen) atoms. The Labute approximate surface area is 161 Å². The third kappa shape index (κ3) is 6.99. The van der Waals surface area contributed by atoms with Gasteiger partial charge in [0.1, 0.15) is 19.2 Å². The highest BCUT2D eigenvalue weighted by Crippen LogP contribution is 2.16. The highest BCUT2D eigenvalue weighted by Gasteiger charge is 2.20. The lowest BCUT2D eigenvalue weighted by Crippen LogP contribution is -2.49. The van der Waals surface area contributed by atoms with Crippen molar-refractivity contribution in [3.63, 3.8) is 0 Å². The van der Waals surface area contributed by atoms with Crippen LogP contribution in [0.1, 0.15) is 11.1 Å². The maximum Gasteiger partial charge on any atom is 0.407 e. The molecule has 0 saturated carbocycles. The lowest BCUT2D eigenvalue weighted by Gasteiger charge is -2.16. The molecule has 7 nitrogen and oxygen atoms in total. The van der Waals surface area contributed by atoms with Crippen molar-refractivity contribution in [3.05, 3.63) is 70.7 Å². The van der Waals surface area contributed by atoms with E-state index in [9.17, 15) is 14.4 Å². The molecule has 0 heterocycles. The van der Waals surface area contributed by atoms with Crippen molar-refractivity contribution in [2.45, 2.75) is 19.1 Å². The summed E-state index contributed by atoms with van der Waals surface area (Å²) in [6.07, 6.45) is -0.588. The zero-order valence-corrected chi connectivity index (χ0v) is 15.2. The van der Waals surface area contributed by atoms with Gasteiger partial charge in [0, 0.05) is 11.4 Å². The van der Waals surface area contributed by atoms with Crippen LogP contribution in [0.5, 0.6) is 0 Å². The summed E-state index contributed by atoms with van der Waals surface area (Å²) >= 11 is 6.06. The largest absolute Gasteiger partial charge is 0.445 e. The molecule has 2 rings (SSSR count). The number of hydrogen-bond donors (Lipinski definition) is 3. The summed E-state index contributed by atoms with van der Waals surface area (Å²) in [6, 6.07) is 15.1. The summed E-state index contributed by atoms with van der Waals surface area (Å²) in [5.74, 6) is -1.27. The van der Waals surface area contributed by atoms with Crippen LogP contribution in [0.25, 0.3) is 0 Å². The lowest BCUT2D eigenvalue weighted by atomic mass is 10.1. The molecular weight excluding hydrogens is 370 g/mol. The van der Waals surface area contributed by atoms with E-state index in [0.717, 1.165) is 5.56 Å². The summed E-state index contributed by atoms with van der Waals surface area (Å²) in [5.41, 5.74) is 6.85. The van der Waals surface area contributed by atoms with Crippen molar-refractivity contribution in [3.8, 4) is 0 Å². The number of nitrogens with two attached hydrogens (primary N) is 1. The summed E-state index contributed by atoms with van der Waals surface area (Å²) in [7, 11) is 0. The summed E-state index contributed by atoms with van der Waals surface area (Å²) in [5, 5.41) is 5.27. The van der Waals surface area contributed by atoms with Crippen LogP contribution in [0.2, 0.25) is 5.02 Å². The molecule has 0 aliphatic heterocycles. The molecule has 0 aromatic heterocycles. The zero-order chi connectivity index (χ0) is 19.6. The monoisotopic (exact) mass is 389 g/mol. The molecule has 2 aromatic carbocycles. The first-order valence-corrected chi connectivity index (χ1v) is 8.60. The van der Waals surface area contributed by atoms with Crippen LogP contribution in [0, 0.1) is 0 Å². The van der Waals surface area contributed by atoms with Gasteiger partial charge in [-0.05, 0) is 17.2 Å². The molecule has 0 saturated heterocycles. The highest BCUT2D eigenvalue weighted by atomic mass is 35.5. The predicted octanol–water partition coefficient (Wildman–Crippen LogP) is 1.78. The third-order valence-corrected chi connectivity index (χ3v) is 4.04. The fraction of sp³-hybridized carbons (Fsp3) is 0.211. The molecule has 4 N–H and O–H groups in total. The Morgan fingerprint density at radius 3 is 2.37 bits per heavy atom. The number of alkyl carbamates (subject to hydrolysis) is 1. The number of hydrogen-bond acceptors (Lipinski definition) is 4. The second-order valence-electron chi connectivity index (χ2n) is 5.73. The van der Waals surface area contributed by atoms with E-state index in [1.54, 1.807) is 24.3 Å². The molecule has 0 radical (unpaired) electrons. The number of nitrogens with one attached hydrogen (secondary N) is 2. The van der Waals surface area contributed by atoms with Crippen molar-refractivity contribution in [1.29, 1.82) is 0 Å². The van der Waals surface area contributed by atoms with E-state index < -0.39 is 23.9 Å². The van der Waals surface area contributed by atoms with E-state index in [0.29, 0.717) is 10.6 Å². The lowest BCUT2D eigenvalue weighted by molar-refractivity contribution is -0.126. The first kappa shape index (κ1) is 20.3. The molecule has 0 aliphatic rings. The second kappa shape index (κ2) is 10.2. The predicted molar refractivity (Wildman–Crippen MR) is 101 cm³/mol. The van der Waals surface area contributed by atoms with Gasteiger partial charge < -0.3 is 21.1 Å². The van der Waals surface area contributed by atoms with Crippen molar-refractivity contribution < 1.29 is 19.1 Å². The summed E-state index contributed by atoms with van der Waals surface area (Å²) in [6.45, 7) is -0.259. The molecule has 142 valence electrons. The number of primary amides is 1. The zero-order valence-electron chi connectivity index (χ0n) is 14.5. The minimum atomic E-state index is -0.945. The first-order chi connectivity index (χ1) is 13.0. The molecule has 2 aromatic rings. The van der Waals surface area contributed by atoms with E-state index in [4.69, 9.17) is 22.1 Å². The van der Waals surface area contributed by atoms with Gasteiger partial charge in [-0.15, -0.1) is 0 Å². The third-order valence-electron chi connectivity index (χ3n) is 3.67. The van der Waals surface area contributed by atoms with Crippen molar-refractivity contribution >= 4 is 29.5 Å². The smallest absolute Gasteiger partial charge is 0.407 e. The quantitative estimate of drug-likeness (QED) is 0.639. The molecule has 0 fully saturated rings. The fourth-order valence-electron chi connectivity index (χ4n) is 2.28. The average Bonchev–Trinajstić information content (AvgIpc) is 2.66. The van der Waals surface area contributed by atoms with Gasteiger partial charge in [-0.25, -0.2) is 4.79 Å². The minimum Gasteiger partial charge on any atom is -0.445 e. The Balaban J connectivity index is 1.79. The number of carbonyl (C=O) groups excluding carboxylic acids is 3. The van der Waals surface area contributed by atoms with E-state index in [1.807, 2.05) is 30.3 Å². The highest BCUT2D eigenvalue weighted by molar-refractivity contribution is 6.31. The molecule has 0 aliphatic carbocycles. The molecule has 3 amide bonds. The molecule has 0 unspecified atom stereocenters. The summed E-state index contributed by atoms with van der Waals surface area (Å²) in [4.78, 5) is 35.2. The van der Waals surface area contributed by atoms with Crippen LogP contribution in [-0.2, 0) is 27.4 Å². The van der Waals surface area contributed by atoms with Gasteiger partial charge in [-0.2, -0.15) is 0 Å². The SMILES string of the molecule is NC(=O)[C@H](Cc1ccccc1Cl)NC(=O)CNC(=O)OCc1ccccc1. The van der Waals surface area contributed by atoms with Crippen LogP contribution in [0.15, 0.2) is 54.6 Å². The Hall–Kier alpha value is -3.06. The molecule has 1 atom stereocenters. The Bertz CT molecular complexity index is 799. The topological polar surface area (TPSA) is 111 Å². The van der Waals surface area contributed by atoms with Gasteiger partial charge in [0.2, 0.25) is 11.8 Å². The van der Waals surface area contributed by atoms with Gasteiger partial charge in [-0.1, -0.05) is 60.1 Å². The Kier molecular flexibility index (Phi) is 7.63. The maximum atomic E-state index is 12.0. The summed E-state index contributed by atoms with van der Waals surface area (Å²) < 4.78 is 5.00. The normalized spacial score (nSPS) is 11.3. The van der Waals surface area contributed by atoms with Crippen molar-refractivity contribution in [2.75, 3.05) is 6.54 Å². The van der Waals surface area contributed by atoms with Gasteiger partial charge in [0.05, 0.1) is 0 Å². The first-order valence-electron chi connectivity index (χ1n) is 8.22. The van der Waals surface area contributed by atoms with Gasteiger partial charge in [0.15, 0.2) is 0 Å². The number of ether oxygens (including phenoxy) is 1. The molecule has 0 spiro atoms. The minimum absolute atomic E-state index is 0.0880. The Morgan fingerprint density at radius 2 is 1.70 bits per heavy atom. The van der Waals surface area contributed by atoms with Crippen molar-refractivity contribution in [1.82, 2.24) is 10.6 Å². The standard InChI is InChI=1S/C19H20ClN3O4/c20-15-9-5-4-8-14(15)10-16(18(21)25)23-17(24)11-22-19(26)27-12-13-6-2-1-3-7-13/h1-9,16H,10-12H2,(H2,21,25)(H,22,26)(H,23,24)/t16-/m0/s1. The number of benzene rings is 2. The van der Waals surface area contributed by atoms with E-state index in [2.05, 4.69) is 10.6 Å². The van der Waals surface area contributed by atoms with Crippen LogP contribution in [-0.4, -0.2) is 30.5 Å². The van der Waals surface area contributed by atoms with E-state index in [-0.39, 0.29) is 19.6 Å². The van der Waals surface area contributed by atoms with Crippen LogP contribution >= 0.6 is 11.6 Å². The number of amides is 3.